The van der Waals surface area contributed by atoms with Gasteiger partial charge in [0.15, 0.2) is 0 Å². The fourth-order valence-corrected chi connectivity index (χ4v) is 3.75. The number of nitrogens with one attached hydrogen (secondary N) is 1. The summed E-state index contributed by atoms with van der Waals surface area (Å²) in [6, 6.07) is 0.263. The lowest BCUT2D eigenvalue weighted by Gasteiger charge is -2.33. The third-order valence-electron chi connectivity index (χ3n) is 4.24. The van der Waals surface area contributed by atoms with Crippen molar-refractivity contribution >= 4 is 17.4 Å². The first kappa shape index (κ1) is 16.0. The quantitative estimate of drug-likeness (QED) is 0.935. The number of aromatic nitrogens is 3. The van der Waals surface area contributed by atoms with E-state index in [0.717, 1.165) is 36.4 Å². The number of carbonyl (C=O) groups excluding carboxylic acids is 1. The van der Waals surface area contributed by atoms with Crippen LogP contribution in [-0.2, 0) is 0 Å². The van der Waals surface area contributed by atoms with Crippen LogP contribution in [0.1, 0.15) is 48.8 Å². The van der Waals surface area contributed by atoms with Crippen LogP contribution < -0.4 is 5.32 Å². The molecule has 1 fully saturated rings. The van der Waals surface area contributed by atoms with Crippen LogP contribution in [0.4, 0.5) is 4.79 Å². The van der Waals surface area contributed by atoms with E-state index in [1.807, 2.05) is 28.1 Å². The van der Waals surface area contributed by atoms with Crippen molar-refractivity contribution in [3.05, 3.63) is 34.5 Å². The molecule has 2 aromatic heterocycles. The van der Waals surface area contributed by atoms with E-state index in [2.05, 4.69) is 28.5 Å². The van der Waals surface area contributed by atoms with Gasteiger partial charge in [-0.25, -0.2) is 9.78 Å². The molecule has 3 heterocycles. The first-order valence-electron chi connectivity index (χ1n) is 8.13. The summed E-state index contributed by atoms with van der Waals surface area (Å²) in [5, 5.41) is 10.4. The second kappa shape index (κ2) is 7.12. The lowest BCUT2D eigenvalue weighted by molar-refractivity contribution is 0.160. The molecule has 2 atom stereocenters. The summed E-state index contributed by atoms with van der Waals surface area (Å²) in [5.41, 5.74) is 1.15. The lowest BCUT2D eigenvalue weighted by Crippen LogP contribution is -2.46. The highest BCUT2D eigenvalue weighted by Gasteiger charge is 2.27. The number of rotatable bonds is 4. The average molecular weight is 333 g/mol. The molecule has 3 rings (SSSR count). The summed E-state index contributed by atoms with van der Waals surface area (Å²) in [5.74, 6) is 0. The fraction of sp³-hybridized carbons (Fsp3) is 0.562. The molecule has 2 aromatic rings. The van der Waals surface area contributed by atoms with Gasteiger partial charge in [0.1, 0.15) is 5.01 Å². The number of piperidine rings is 1. The van der Waals surface area contributed by atoms with Gasteiger partial charge in [-0.1, -0.05) is 6.92 Å². The van der Waals surface area contributed by atoms with Gasteiger partial charge in [-0.2, -0.15) is 5.10 Å². The Balaban J connectivity index is 1.62. The number of urea groups is 1. The molecular weight excluding hydrogens is 310 g/mol. The molecule has 0 aromatic carbocycles. The molecule has 124 valence electrons. The van der Waals surface area contributed by atoms with Crippen molar-refractivity contribution in [1.29, 1.82) is 0 Å². The number of hydrogen-bond acceptors (Lipinski definition) is 4. The van der Waals surface area contributed by atoms with E-state index >= 15 is 0 Å². The third kappa shape index (κ3) is 3.72. The Kier molecular flexibility index (Phi) is 4.95. The molecule has 23 heavy (non-hydrogen) atoms. The maximum atomic E-state index is 12.6. The zero-order valence-corrected chi connectivity index (χ0v) is 14.4. The highest BCUT2D eigenvalue weighted by atomic mass is 32.1. The van der Waals surface area contributed by atoms with Crippen molar-refractivity contribution in [2.24, 2.45) is 0 Å². The van der Waals surface area contributed by atoms with Crippen molar-refractivity contribution in [2.75, 3.05) is 13.1 Å². The molecule has 2 amide bonds. The molecule has 2 unspecified atom stereocenters. The summed E-state index contributed by atoms with van der Waals surface area (Å²) >= 11 is 1.59. The third-order valence-corrected chi connectivity index (χ3v) is 5.13. The van der Waals surface area contributed by atoms with Gasteiger partial charge in [-0.3, -0.25) is 4.68 Å². The SMILES string of the molecule is CCC(NC(=O)N1CCCC(n2cc(C)cn2)C1)c1nccs1. The summed E-state index contributed by atoms with van der Waals surface area (Å²) in [6.07, 6.45) is 8.62. The largest absolute Gasteiger partial charge is 0.329 e. The Bertz CT molecular complexity index is 639. The Morgan fingerprint density at radius 1 is 1.57 bits per heavy atom. The molecule has 1 saturated heterocycles. The number of hydrogen-bond donors (Lipinski definition) is 1. The summed E-state index contributed by atoms with van der Waals surface area (Å²) in [4.78, 5) is 18.8. The van der Waals surface area contributed by atoms with Gasteiger partial charge in [0.25, 0.3) is 0 Å². The number of likely N-dealkylation sites (tertiary alicyclic amines) is 1. The molecule has 0 spiro atoms. The van der Waals surface area contributed by atoms with Crippen LogP contribution >= 0.6 is 11.3 Å². The molecule has 0 aliphatic carbocycles. The highest BCUT2D eigenvalue weighted by molar-refractivity contribution is 7.09. The minimum absolute atomic E-state index is 0.000582. The molecule has 1 aliphatic rings. The highest BCUT2D eigenvalue weighted by Crippen LogP contribution is 2.23. The summed E-state index contributed by atoms with van der Waals surface area (Å²) < 4.78 is 1.99. The van der Waals surface area contributed by atoms with E-state index < -0.39 is 0 Å². The number of carbonyl (C=O) groups is 1. The average Bonchev–Trinajstić information content (AvgIpc) is 3.24. The van der Waals surface area contributed by atoms with Crippen LogP contribution in [0.25, 0.3) is 0 Å². The van der Waals surface area contributed by atoms with Crippen LogP contribution in [-0.4, -0.2) is 38.8 Å². The fourth-order valence-electron chi connectivity index (χ4n) is 2.97. The molecular formula is C16H23N5OS. The molecule has 0 radical (unpaired) electrons. The van der Waals surface area contributed by atoms with Gasteiger partial charge < -0.3 is 10.2 Å². The van der Waals surface area contributed by atoms with Gasteiger partial charge in [-0.05, 0) is 31.7 Å². The Labute approximate surface area is 140 Å². The Hall–Kier alpha value is -1.89. The topological polar surface area (TPSA) is 63.1 Å². The first-order chi connectivity index (χ1) is 11.2. The summed E-state index contributed by atoms with van der Waals surface area (Å²) in [6.45, 7) is 5.62. The van der Waals surface area contributed by atoms with Crippen LogP contribution in [0.3, 0.4) is 0 Å². The number of aryl methyl sites for hydroxylation is 1. The van der Waals surface area contributed by atoms with Crippen molar-refractivity contribution in [3.8, 4) is 0 Å². The van der Waals surface area contributed by atoms with Gasteiger partial charge >= 0.3 is 6.03 Å². The number of nitrogens with zero attached hydrogens (tertiary/aromatic N) is 4. The van der Waals surface area contributed by atoms with Crippen LogP contribution in [0.5, 0.6) is 0 Å². The molecule has 0 bridgehead atoms. The molecule has 1 N–H and O–H groups in total. The van der Waals surface area contributed by atoms with Crippen molar-refractivity contribution in [1.82, 2.24) is 25.0 Å². The summed E-state index contributed by atoms with van der Waals surface area (Å²) in [7, 11) is 0. The monoisotopic (exact) mass is 333 g/mol. The minimum atomic E-state index is -0.00479. The second-order valence-electron chi connectivity index (χ2n) is 6.02. The smallest absolute Gasteiger partial charge is 0.318 e. The first-order valence-corrected chi connectivity index (χ1v) is 9.01. The van der Waals surface area contributed by atoms with Gasteiger partial charge in [0.2, 0.25) is 0 Å². The van der Waals surface area contributed by atoms with Gasteiger partial charge in [0.05, 0.1) is 18.3 Å². The van der Waals surface area contributed by atoms with E-state index in [-0.39, 0.29) is 18.1 Å². The standard InChI is InChI=1S/C16H23N5OS/c1-3-14(15-17-6-8-23-15)19-16(22)20-7-4-5-13(11-20)21-10-12(2)9-18-21/h6,8-10,13-14H,3-5,7,11H2,1-2H3,(H,19,22). The van der Waals surface area contributed by atoms with E-state index in [9.17, 15) is 4.79 Å². The number of thiazole rings is 1. The maximum Gasteiger partial charge on any atom is 0.318 e. The zero-order chi connectivity index (χ0) is 16.2. The van der Waals surface area contributed by atoms with Crippen molar-refractivity contribution < 1.29 is 4.79 Å². The van der Waals surface area contributed by atoms with Crippen molar-refractivity contribution in [2.45, 2.75) is 45.2 Å². The Morgan fingerprint density at radius 2 is 2.43 bits per heavy atom. The Morgan fingerprint density at radius 3 is 3.09 bits per heavy atom. The van der Waals surface area contributed by atoms with Crippen molar-refractivity contribution in [3.63, 3.8) is 0 Å². The van der Waals surface area contributed by atoms with E-state index in [1.165, 1.54) is 0 Å². The van der Waals surface area contributed by atoms with Crippen LogP contribution in [0.15, 0.2) is 24.0 Å². The second-order valence-corrected chi connectivity index (χ2v) is 6.95. The minimum Gasteiger partial charge on any atom is -0.329 e. The zero-order valence-electron chi connectivity index (χ0n) is 13.6. The van der Waals surface area contributed by atoms with E-state index in [1.54, 1.807) is 17.5 Å². The molecule has 0 saturated carbocycles. The van der Waals surface area contributed by atoms with Crippen LogP contribution in [0.2, 0.25) is 0 Å². The lowest BCUT2D eigenvalue weighted by atomic mass is 10.1. The van der Waals surface area contributed by atoms with Crippen LogP contribution in [0, 0.1) is 6.92 Å². The normalized spacial score (nSPS) is 19.6. The van der Waals surface area contributed by atoms with Gasteiger partial charge in [-0.15, -0.1) is 11.3 Å². The predicted molar refractivity (Wildman–Crippen MR) is 90.5 cm³/mol. The maximum absolute atomic E-state index is 12.6. The molecule has 6 nitrogen and oxygen atoms in total. The van der Waals surface area contributed by atoms with E-state index in [4.69, 9.17) is 0 Å². The van der Waals surface area contributed by atoms with E-state index in [0.29, 0.717) is 6.54 Å². The molecule has 1 aliphatic heterocycles. The molecule has 7 heteroatoms. The number of amides is 2. The predicted octanol–water partition coefficient (Wildman–Crippen LogP) is 3.15. The van der Waals surface area contributed by atoms with Gasteiger partial charge in [0, 0.05) is 30.9 Å².